The molecule has 1 aromatic carbocycles. The van der Waals surface area contributed by atoms with E-state index in [0.717, 1.165) is 5.56 Å². The van der Waals surface area contributed by atoms with Gasteiger partial charge in [-0.25, -0.2) is 4.79 Å². The van der Waals surface area contributed by atoms with Crippen molar-refractivity contribution in [2.75, 3.05) is 26.8 Å². The Kier molecular flexibility index (Phi) is 7.54. The van der Waals surface area contributed by atoms with Crippen molar-refractivity contribution >= 4 is 12.1 Å². The Balaban J connectivity index is 2.48. The molecule has 0 aliphatic rings. The normalized spacial score (nSPS) is 11.0. The molecule has 0 aromatic heterocycles. The Hall–Kier alpha value is -2.08. The molecule has 6 heteroatoms. The number of amides is 1. The summed E-state index contributed by atoms with van der Waals surface area (Å²) in [6, 6.07) is 9.72. The lowest BCUT2D eigenvalue weighted by Crippen LogP contribution is -2.41. The van der Waals surface area contributed by atoms with Gasteiger partial charge in [0.05, 0.1) is 20.3 Å². The molecule has 0 aliphatic carbocycles. The first-order chi connectivity index (χ1) is 10.8. The summed E-state index contributed by atoms with van der Waals surface area (Å²) in [6.07, 6.45) is -0.564. The fraction of sp³-hybridized carbons (Fsp3) is 0.529. The van der Waals surface area contributed by atoms with Crippen LogP contribution in [-0.2, 0) is 25.6 Å². The lowest BCUT2D eigenvalue weighted by molar-refractivity contribution is -0.142. The highest BCUT2D eigenvalue weighted by Gasteiger charge is 2.24. The molecule has 1 aromatic rings. The lowest BCUT2D eigenvalue weighted by Gasteiger charge is -2.26. The minimum atomic E-state index is -0.629. The third kappa shape index (κ3) is 8.21. The van der Waals surface area contributed by atoms with Crippen molar-refractivity contribution in [2.45, 2.75) is 33.0 Å². The summed E-state index contributed by atoms with van der Waals surface area (Å²) in [5, 5.41) is 0. The molecule has 1 rings (SSSR count). The minimum absolute atomic E-state index is 0.167. The van der Waals surface area contributed by atoms with Crippen LogP contribution < -0.4 is 0 Å². The molecule has 1 amide bonds. The van der Waals surface area contributed by atoms with E-state index < -0.39 is 17.7 Å². The van der Waals surface area contributed by atoms with Crippen LogP contribution >= 0.6 is 0 Å². The first-order valence-electron chi connectivity index (χ1n) is 7.48. The van der Waals surface area contributed by atoms with Gasteiger partial charge in [0, 0.05) is 6.54 Å². The third-order valence-corrected chi connectivity index (χ3v) is 2.82. The number of hydrogen-bond donors (Lipinski definition) is 0. The summed E-state index contributed by atoms with van der Waals surface area (Å²) in [6.45, 7) is 6.14. The molecule has 0 spiro atoms. The van der Waals surface area contributed by atoms with E-state index >= 15 is 0 Å². The predicted octanol–water partition coefficient (Wildman–Crippen LogP) is 2.61. The van der Waals surface area contributed by atoms with Crippen LogP contribution in [0, 0.1) is 0 Å². The number of carbonyl (C=O) groups excluding carboxylic acids is 2. The molecule has 0 bridgehead atoms. The smallest absolute Gasteiger partial charge is 0.410 e. The van der Waals surface area contributed by atoms with Crippen LogP contribution in [0.4, 0.5) is 4.79 Å². The SMILES string of the molecule is COC(=O)CN(CCOCc1ccccc1)C(=O)OC(C)(C)C. The Bertz CT molecular complexity index is 495. The molecule has 0 saturated carbocycles. The van der Waals surface area contributed by atoms with Gasteiger partial charge >= 0.3 is 12.1 Å². The van der Waals surface area contributed by atoms with Gasteiger partial charge in [-0.2, -0.15) is 0 Å². The van der Waals surface area contributed by atoms with Crippen molar-refractivity contribution in [3.63, 3.8) is 0 Å². The number of ether oxygens (including phenoxy) is 3. The number of esters is 1. The molecular weight excluding hydrogens is 298 g/mol. The van der Waals surface area contributed by atoms with E-state index in [-0.39, 0.29) is 13.1 Å². The molecule has 0 saturated heterocycles. The quantitative estimate of drug-likeness (QED) is 0.570. The number of carbonyl (C=O) groups is 2. The van der Waals surface area contributed by atoms with Gasteiger partial charge in [-0.3, -0.25) is 9.69 Å². The van der Waals surface area contributed by atoms with Gasteiger partial charge in [-0.05, 0) is 26.3 Å². The number of hydrogen-bond acceptors (Lipinski definition) is 5. The lowest BCUT2D eigenvalue weighted by atomic mass is 10.2. The monoisotopic (exact) mass is 323 g/mol. The maximum absolute atomic E-state index is 12.1. The van der Waals surface area contributed by atoms with E-state index in [9.17, 15) is 9.59 Å². The molecular formula is C17H25NO5. The second-order valence-corrected chi connectivity index (χ2v) is 6.02. The van der Waals surface area contributed by atoms with E-state index in [1.165, 1.54) is 12.0 Å². The van der Waals surface area contributed by atoms with Crippen molar-refractivity contribution in [1.29, 1.82) is 0 Å². The second kappa shape index (κ2) is 9.15. The van der Waals surface area contributed by atoms with E-state index in [4.69, 9.17) is 9.47 Å². The van der Waals surface area contributed by atoms with Crippen molar-refractivity contribution in [2.24, 2.45) is 0 Å². The van der Waals surface area contributed by atoms with Crippen LogP contribution in [0.1, 0.15) is 26.3 Å². The molecule has 23 heavy (non-hydrogen) atoms. The van der Waals surface area contributed by atoms with Gasteiger partial charge in [0.2, 0.25) is 0 Å². The summed E-state index contributed by atoms with van der Waals surface area (Å²) in [4.78, 5) is 24.8. The fourth-order valence-electron chi connectivity index (χ4n) is 1.72. The topological polar surface area (TPSA) is 65.1 Å². The van der Waals surface area contributed by atoms with Gasteiger partial charge in [0.1, 0.15) is 12.1 Å². The van der Waals surface area contributed by atoms with E-state index in [2.05, 4.69) is 4.74 Å². The average molecular weight is 323 g/mol. The number of nitrogens with zero attached hydrogens (tertiary/aromatic N) is 1. The first kappa shape index (κ1) is 19.0. The highest BCUT2D eigenvalue weighted by atomic mass is 16.6. The van der Waals surface area contributed by atoms with Gasteiger partial charge in [0.25, 0.3) is 0 Å². The Morgan fingerprint density at radius 3 is 2.35 bits per heavy atom. The fourth-order valence-corrected chi connectivity index (χ4v) is 1.72. The van der Waals surface area contributed by atoms with E-state index in [1.807, 2.05) is 30.3 Å². The van der Waals surface area contributed by atoms with Gasteiger partial charge in [0.15, 0.2) is 0 Å². The molecule has 128 valence electrons. The third-order valence-electron chi connectivity index (χ3n) is 2.82. The zero-order valence-electron chi connectivity index (χ0n) is 14.2. The van der Waals surface area contributed by atoms with E-state index in [1.54, 1.807) is 20.8 Å². The molecule has 0 heterocycles. The van der Waals surface area contributed by atoms with Gasteiger partial charge < -0.3 is 14.2 Å². The summed E-state index contributed by atoms with van der Waals surface area (Å²) >= 11 is 0. The number of rotatable bonds is 7. The van der Waals surface area contributed by atoms with Gasteiger partial charge in [-0.1, -0.05) is 30.3 Å². The molecule has 0 N–H and O–H groups in total. The number of methoxy groups -OCH3 is 1. The highest BCUT2D eigenvalue weighted by molar-refractivity contribution is 5.78. The van der Waals surface area contributed by atoms with Crippen LogP contribution in [0.3, 0.4) is 0 Å². The summed E-state index contributed by atoms with van der Waals surface area (Å²) < 4.78 is 15.4. The zero-order chi connectivity index (χ0) is 17.3. The van der Waals surface area contributed by atoms with Crippen molar-refractivity contribution in [3.8, 4) is 0 Å². The largest absolute Gasteiger partial charge is 0.468 e. The summed E-state index contributed by atoms with van der Waals surface area (Å²) in [5.74, 6) is -0.501. The molecule has 6 nitrogen and oxygen atoms in total. The molecule has 0 unspecified atom stereocenters. The second-order valence-electron chi connectivity index (χ2n) is 6.02. The Morgan fingerprint density at radius 1 is 1.13 bits per heavy atom. The van der Waals surface area contributed by atoms with E-state index in [0.29, 0.717) is 13.2 Å². The Morgan fingerprint density at radius 2 is 1.78 bits per heavy atom. The maximum Gasteiger partial charge on any atom is 0.410 e. The first-order valence-corrected chi connectivity index (χ1v) is 7.48. The predicted molar refractivity (Wildman–Crippen MR) is 85.9 cm³/mol. The van der Waals surface area contributed by atoms with Crippen LogP contribution in [0.2, 0.25) is 0 Å². The molecule has 0 fully saturated rings. The van der Waals surface area contributed by atoms with Crippen molar-refractivity contribution in [1.82, 2.24) is 4.90 Å². The van der Waals surface area contributed by atoms with Crippen molar-refractivity contribution in [3.05, 3.63) is 35.9 Å². The minimum Gasteiger partial charge on any atom is -0.468 e. The zero-order valence-corrected chi connectivity index (χ0v) is 14.2. The number of benzene rings is 1. The van der Waals surface area contributed by atoms with Crippen LogP contribution in [0.5, 0.6) is 0 Å². The van der Waals surface area contributed by atoms with Crippen LogP contribution in [0.15, 0.2) is 30.3 Å². The van der Waals surface area contributed by atoms with Gasteiger partial charge in [-0.15, -0.1) is 0 Å². The van der Waals surface area contributed by atoms with Crippen molar-refractivity contribution < 1.29 is 23.8 Å². The standard InChI is InChI=1S/C17H25NO5/c1-17(2,3)23-16(20)18(12-15(19)21-4)10-11-22-13-14-8-6-5-7-9-14/h5-9H,10-13H2,1-4H3. The molecule has 0 aliphatic heterocycles. The highest BCUT2D eigenvalue weighted by Crippen LogP contribution is 2.10. The van der Waals surface area contributed by atoms with Crippen LogP contribution in [-0.4, -0.2) is 49.4 Å². The molecule has 0 atom stereocenters. The maximum atomic E-state index is 12.1. The summed E-state index contributed by atoms with van der Waals surface area (Å²) in [7, 11) is 1.28. The molecule has 0 radical (unpaired) electrons. The Labute approximate surface area is 137 Å². The van der Waals surface area contributed by atoms with Crippen LogP contribution in [0.25, 0.3) is 0 Å². The summed E-state index contributed by atoms with van der Waals surface area (Å²) in [5.41, 5.74) is 0.417. The average Bonchev–Trinajstić information content (AvgIpc) is 2.49.